The second-order valence-corrected chi connectivity index (χ2v) is 4.11. The number of rotatable bonds is 4. The molecular weight excluding hydrogens is 200 g/mol. The van der Waals surface area contributed by atoms with E-state index in [0.29, 0.717) is 18.0 Å². The quantitative estimate of drug-likeness (QED) is 0.665. The minimum atomic E-state index is -0.274. The smallest absolute Gasteiger partial charge is 0.249 e. The van der Waals surface area contributed by atoms with E-state index in [1.165, 1.54) is 0 Å². The number of carbonyl (C=O) groups is 1. The van der Waals surface area contributed by atoms with Gasteiger partial charge in [-0.15, -0.1) is 0 Å². The maximum Gasteiger partial charge on any atom is 0.249 e. The van der Waals surface area contributed by atoms with E-state index >= 15 is 0 Å². The summed E-state index contributed by atoms with van der Waals surface area (Å²) in [5.41, 5.74) is 5.37. The van der Waals surface area contributed by atoms with Crippen LogP contribution < -0.4 is 11.1 Å². The van der Waals surface area contributed by atoms with Crippen molar-refractivity contribution < 1.29 is 9.53 Å². The number of hydrogen-bond acceptors (Lipinski definition) is 3. The molecule has 1 aliphatic heterocycles. The Kier molecular flexibility index (Phi) is 4.28. The van der Waals surface area contributed by atoms with Crippen molar-refractivity contribution in [1.82, 2.24) is 5.32 Å². The molecule has 2 unspecified atom stereocenters. The second kappa shape index (κ2) is 5.26. The highest BCUT2D eigenvalue weighted by molar-refractivity contribution is 7.80. The van der Waals surface area contributed by atoms with E-state index in [9.17, 15) is 4.79 Å². The molecule has 1 fully saturated rings. The number of hydrogen-bond donors (Lipinski definition) is 2. The first-order valence-corrected chi connectivity index (χ1v) is 5.20. The Hall–Kier alpha value is -0.680. The molecule has 0 aromatic carbocycles. The van der Waals surface area contributed by atoms with Gasteiger partial charge in [-0.1, -0.05) is 12.2 Å². The van der Waals surface area contributed by atoms with Crippen LogP contribution in [0.2, 0.25) is 0 Å². The average molecular weight is 216 g/mol. The summed E-state index contributed by atoms with van der Waals surface area (Å²) in [5.74, 6) is -0.0498. The molecule has 3 N–H and O–H groups in total. The van der Waals surface area contributed by atoms with Crippen molar-refractivity contribution in [2.75, 3.05) is 6.61 Å². The van der Waals surface area contributed by atoms with Gasteiger partial charge in [-0.05, 0) is 19.8 Å². The van der Waals surface area contributed by atoms with Crippen molar-refractivity contribution >= 4 is 23.1 Å². The van der Waals surface area contributed by atoms with Crippen molar-refractivity contribution in [3.8, 4) is 0 Å². The molecule has 0 spiro atoms. The molecule has 0 aromatic heterocycles. The Morgan fingerprint density at radius 3 is 3.00 bits per heavy atom. The largest absolute Gasteiger partial charge is 0.393 e. The minimum absolute atomic E-state index is 0.0100. The average Bonchev–Trinajstić information content (AvgIpc) is 2.53. The van der Waals surface area contributed by atoms with Gasteiger partial charge in [-0.25, -0.2) is 0 Å². The van der Waals surface area contributed by atoms with E-state index in [0.717, 1.165) is 12.8 Å². The van der Waals surface area contributed by atoms with E-state index in [4.69, 9.17) is 22.7 Å². The predicted octanol–water partition coefficient (Wildman–Crippen LogP) is 0.346. The lowest BCUT2D eigenvalue weighted by Gasteiger charge is -2.15. The summed E-state index contributed by atoms with van der Waals surface area (Å²) in [4.78, 5) is 11.9. The summed E-state index contributed by atoms with van der Waals surface area (Å²) in [6, 6.07) is -0.0100. The third-order valence-corrected chi connectivity index (χ3v) is 2.28. The number of nitrogens with two attached hydrogens (primary N) is 1. The van der Waals surface area contributed by atoms with Crippen molar-refractivity contribution in [2.24, 2.45) is 5.73 Å². The first kappa shape index (κ1) is 11.4. The number of amides is 1. The van der Waals surface area contributed by atoms with Gasteiger partial charge >= 0.3 is 0 Å². The predicted molar refractivity (Wildman–Crippen MR) is 58.0 cm³/mol. The van der Waals surface area contributed by atoms with Crippen LogP contribution in [0.4, 0.5) is 0 Å². The fraction of sp³-hybridized carbons (Fsp3) is 0.778. The maximum atomic E-state index is 11.5. The van der Waals surface area contributed by atoms with Crippen LogP contribution in [-0.4, -0.2) is 29.6 Å². The first-order valence-electron chi connectivity index (χ1n) is 4.80. The maximum absolute atomic E-state index is 11.5. The van der Waals surface area contributed by atoms with Crippen LogP contribution in [-0.2, 0) is 9.53 Å². The Bertz CT molecular complexity index is 227. The second-order valence-electron chi connectivity index (χ2n) is 3.58. The number of thiocarbonyl (C=S) groups is 1. The van der Waals surface area contributed by atoms with Crippen molar-refractivity contribution in [3.05, 3.63) is 0 Å². The monoisotopic (exact) mass is 216 g/mol. The van der Waals surface area contributed by atoms with Gasteiger partial charge in [0, 0.05) is 19.1 Å². The van der Waals surface area contributed by atoms with Crippen LogP contribution in [0.1, 0.15) is 26.2 Å². The van der Waals surface area contributed by atoms with Crippen LogP contribution >= 0.6 is 12.2 Å². The number of carbonyl (C=O) groups excluding carboxylic acids is 1. The minimum Gasteiger partial charge on any atom is -0.393 e. The molecule has 4 nitrogen and oxygen atoms in total. The summed E-state index contributed by atoms with van der Waals surface area (Å²) in [6.07, 6.45) is 2.03. The molecule has 80 valence electrons. The van der Waals surface area contributed by atoms with E-state index in [1.54, 1.807) is 0 Å². The standard InChI is InChI=1S/C9H16N2O2S/c1-6(5-8(10)14)11-9(12)7-3-2-4-13-7/h6-7H,2-5H2,1H3,(H2,10,14)(H,11,12). The molecule has 0 aliphatic carbocycles. The fourth-order valence-electron chi connectivity index (χ4n) is 1.47. The first-order chi connectivity index (χ1) is 6.59. The summed E-state index contributed by atoms with van der Waals surface area (Å²) >= 11 is 4.75. The van der Waals surface area contributed by atoms with Crippen molar-refractivity contribution in [3.63, 3.8) is 0 Å². The van der Waals surface area contributed by atoms with Gasteiger partial charge < -0.3 is 15.8 Å². The van der Waals surface area contributed by atoms with Gasteiger partial charge in [-0.3, -0.25) is 4.79 Å². The molecule has 1 saturated heterocycles. The van der Waals surface area contributed by atoms with Gasteiger partial charge in [0.25, 0.3) is 0 Å². The zero-order valence-electron chi connectivity index (χ0n) is 8.29. The number of ether oxygens (including phenoxy) is 1. The number of nitrogens with one attached hydrogen (secondary N) is 1. The van der Waals surface area contributed by atoms with Crippen LogP contribution in [0.25, 0.3) is 0 Å². The fourth-order valence-corrected chi connectivity index (χ4v) is 1.72. The lowest BCUT2D eigenvalue weighted by molar-refractivity contribution is -0.130. The summed E-state index contributed by atoms with van der Waals surface area (Å²) in [6.45, 7) is 2.56. The van der Waals surface area contributed by atoms with Crippen LogP contribution in [0.15, 0.2) is 0 Å². The molecule has 5 heteroatoms. The molecule has 14 heavy (non-hydrogen) atoms. The highest BCUT2D eigenvalue weighted by Gasteiger charge is 2.24. The molecule has 1 rings (SSSR count). The molecule has 1 heterocycles. The van der Waals surface area contributed by atoms with Crippen LogP contribution in [0.5, 0.6) is 0 Å². The zero-order chi connectivity index (χ0) is 10.6. The van der Waals surface area contributed by atoms with Gasteiger partial charge in [0.2, 0.25) is 5.91 Å². The van der Waals surface area contributed by atoms with Crippen LogP contribution in [0.3, 0.4) is 0 Å². The van der Waals surface area contributed by atoms with E-state index in [-0.39, 0.29) is 18.1 Å². The Labute approximate surface area is 89.2 Å². The Morgan fingerprint density at radius 2 is 2.50 bits per heavy atom. The lowest BCUT2D eigenvalue weighted by atomic mass is 10.2. The summed E-state index contributed by atoms with van der Waals surface area (Å²) in [5, 5.41) is 2.82. The zero-order valence-corrected chi connectivity index (χ0v) is 9.10. The normalized spacial score (nSPS) is 23.1. The summed E-state index contributed by atoms with van der Waals surface area (Å²) < 4.78 is 5.24. The van der Waals surface area contributed by atoms with E-state index in [1.807, 2.05) is 6.92 Å². The van der Waals surface area contributed by atoms with E-state index in [2.05, 4.69) is 5.32 Å². The molecule has 0 saturated carbocycles. The highest BCUT2D eigenvalue weighted by atomic mass is 32.1. The van der Waals surface area contributed by atoms with Crippen molar-refractivity contribution in [2.45, 2.75) is 38.3 Å². The summed E-state index contributed by atoms with van der Waals surface area (Å²) in [7, 11) is 0. The van der Waals surface area contributed by atoms with Gasteiger partial charge in [-0.2, -0.15) is 0 Å². The lowest BCUT2D eigenvalue weighted by Crippen LogP contribution is -2.41. The molecule has 0 bridgehead atoms. The molecule has 2 atom stereocenters. The molecule has 0 aromatic rings. The Morgan fingerprint density at radius 1 is 1.79 bits per heavy atom. The molecule has 1 amide bonds. The third kappa shape index (κ3) is 3.59. The van der Waals surface area contributed by atoms with Crippen LogP contribution in [0, 0.1) is 0 Å². The Balaban J connectivity index is 2.28. The highest BCUT2D eigenvalue weighted by Crippen LogP contribution is 2.12. The topological polar surface area (TPSA) is 64.3 Å². The van der Waals surface area contributed by atoms with Gasteiger partial charge in [0.15, 0.2) is 0 Å². The van der Waals surface area contributed by atoms with Gasteiger partial charge in [0.1, 0.15) is 6.10 Å². The molecular formula is C9H16N2O2S. The van der Waals surface area contributed by atoms with Crippen molar-refractivity contribution in [1.29, 1.82) is 0 Å². The van der Waals surface area contributed by atoms with Gasteiger partial charge in [0.05, 0.1) is 4.99 Å². The molecule has 1 aliphatic rings. The van der Waals surface area contributed by atoms with E-state index < -0.39 is 0 Å². The SMILES string of the molecule is CC(CC(N)=S)NC(=O)C1CCCO1. The third-order valence-electron chi connectivity index (χ3n) is 2.12. The molecule has 0 radical (unpaired) electrons.